The van der Waals surface area contributed by atoms with Crippen LogP contribution in [0.25, 0.3) is 10.2 Å². The summed E-state index contributed by atoms with van der Waals surface area (Å²) in [6, 6.07) is 11.4. The van der Waals surface area contributed by atoms with Crippen molar-refractivity contribution in [2.24, 2.45) is 0 Å². The highest BCUT2D eigenvalue weighted by molar-refractivity contribution is 7.22. The van der Waals surface area contributed by atoms with Crippen LogP contribution in [-0.2, 0) is 0 Å². The number of thiazole rings is 1. The van der Waals surface area contributed by atoms with Crippen LogP contribution < -0.4 is 25.0 Å². The number of fused-ring (bicyclic) bond motifs is 2. The molecule has 2 aliphatic rings. The van der Waals surface area contributed by atoms with E-state index < -0.39 is 0 Å². The smallest absolute Gasteiger partial charge is 0.251 e. The van der Waals surface area contributed by atoms with E-state index in [9.17, 15) is 4.79 Å². The molecule has 3 aromatic rings. The molecule has 2 aromatic carbocycles. The lowest BCUT2D eigenvalue weighted by Gasteiger charge is -2.27. The largest absolute Gasteiger partial charge is 0.497 e. The van der Waals surface area contributed by atoms with Crippen molar-refractivity contribution >= 4 is 32.6 Å². The molecule has 1 atom stereocenters. The zero-order valence-electron chi connectivity index (χ0n) is 16.8. The summed E-state index contributed by atoms with van der Waals surface area (Å²) in [6.45, 7) is 4.43. The van der Waals surface area contributed by atoms with Crippen molar-refractivity contribution in [2.75, 3.05) is 44.8 Å². The fraction of sp³-hybridized carbons (Fsp3) is 0.364. The average molecular weight is 425 g/mol. The maximum atomic E-state index is 13.0. The zero-order chi connectivity index (χ0) is 20.5. The summed E-state index contributed by atoms with van der Waals surface area (Å²) in [5, 5.41) is 7.55. The third-order valence-electron chi connectivity index (χ3n) is 5.59. The average Bonchev–Trinajstić information content (AvgIpc) is 3.23. The lowest BCUT2D eigenvalue weighted by Crippen LogP contribution is -2.43. The van der Waals surface area contributed by atoms with Crippen LogP contribution in [0.5, 0.6) is 11.5 Å². The first-order valence-corrected chi connectivity index (χ1v) is 11.0. The van der Waals surface area contributed by atoms with Crippen molar-refractivity contribution in [3.05, 3.63) is 47.5 Å². The van der Waals surface area contributed by atoms with Crippen LogP contribution in [-0.4, -0.2) is 50.8 Å². The molecule has 1 fully saturated rings. The Kier molecular flexibility index (Phi) is 5.18. The number of methoxy groups -OCH3 is 1. The number of piperazine rings is 1. The molecule has 2 aliphatic heterocycles. The number of rotatable bonds is 4. The summed E-state index contributed by atoms with van der Waals surface area (Å²) in [5.74, 6) is 1.43. The fourth-order valence-electron chi connectivity index (χ4n) is 3.93. The van der Waals surface area contributed by atoms with Gasteiger partial charge in [0.2, 0.25) is 0 Å². The highest BCUT2D eigenvalue weighted by Crippen LogP contribution is 2.35. The molecular weight excluding hydrogens is 400 g/mol. The van der Waals surface area contributed by atoms with Gasteiger partial charge >= 0.3 is 0 Å². The highest BCUT2D eigenvalue weighted by atomic mass is 32.1. The number of benzene rings is 2. The molecule has 0 unspecified atom stereocenters. The first-order chi connectivity index (χ1) is 14.7. The normalized spacial score (nSPS) is 18.6. The fourth-order valence-corrected chi connectivity index (χ4v) is 4.99. The Balaban J connectivity index is 1.35. The molecule has 0 spiro atoms. The molecule has 1 aromatic heterocycles. The Hall–Kier alpha value is -2.84. The van der Waals surface area contributed by atoms with Gasteiger partial charge in [0.05, 0.1) is 30.0 Å². The molecule has 0 saturated carbocycles. The molecule has 0 bridgehead atoms. The number of aromatic nitrogens is 1. The summed E-state index contributed by atoms with van der Waals surface area (Å²) in [5.41, 5.74) is 2.57. The summed E-state index contributed by atoms with van der Waals surface area (Å²) in [7, 11) is 1.63. The lowest BCUT2D eigenvalue weighted by atomic mass is 10.00. The molecule has 7 nitrogen and oxygen atoms in total. The van der Waals surface area contributed by atoms with E-state index >= 15 is 0 Å². The Bertz CT molecular complexity index is 1080. The number of nitrogens with zero attached hydrogens (tertiary/aromatic N) is 2. The molecule has 8 heteroatoms. The minimum absolute atomic E-state index is 0.0808. The first kappa shape index (κ1) is 19.1. The molecule has 2 N–H and O–H groups in total. The Labute approximate surface area is 179 Å². The van der Waals surface area contributed by atoms with Gasteiger partial charge in [0, 0.05) is 49.8 Å². The summed E-state index contributed by atoms with van der Waals surface area (Å²) < 4.78 is 12.1. The third kappa shape index (κ3) is 3.68. The number of carbonyl (C=O) groups excluding carboxylic acids is 1. The van der Waals surface area contributed by atoms with Crippen molar-refractivity contribution in [3.8, 4) is 11.5 Å². The van der Waals surface area contributed by atoms with Crippen molar-refractivity contribution < 1.29 is 14.3 Å². The van der Waals surface area contributed by atoms with Gasteiger partial charge in [-0.15, -0.1) is 0 Å². The van der Waals surface area contributed by atoms with E-state index in [1.165, 1.54) is 0 Å². The van der Waals surface area contributed by atoms with E-state index in [0.29, 0.717) is 12.2 Å². The van der Waals surface area contributed by atoms with Gasteiger partial charge in [0.25, 0.3) is 5.91 Å². The van der Waals surface area contributed by atoms with Crippen molar-refractivity contribution in [3.63, 3.8) is 0 Å². The van der Waals surface area contributed by atoms with Gasteiger partial charge in [-0.25, -0.2) is 4.98 Å². The van der Waals surface area contributed by atoms with E-state index in [4.69, 9.17) is 14.5 Å². The number of hydrogen-bond acceptors (Lipinski definition) is 7. The summed E-state index contributed by atoms with van der Waals surface area (Å²) in [4.78, 5) is 20.0. The predicted molar refractivity (Wildman–Crippen MR) is 118 cm³/mol. The first-order valence-electron chi connectivity index (χ1n) is 10.2. The number of carbonyl (C=O) groups is 1. The second-order valence-electron chi connectivity index (χ2n) is 7.48. The molecule has 30 heavy (non-hydrogen) atoms. The van der Waals surface area contributed by atoms with Crippen LogP contribution in [0, 0.1) is 0 Å². The van der Waals surface area contributed by atoms with Gasteiger partial charge in [0.1, 0.15) is 11.5 Å². The predicted octanol–water partition coefficient (Wildman–Crippen LogP) is 2.97. The van der Waals surface area contributed by atoms with E-state index in [2.05, 4.69) is 15.5 Å². The monoisotopic (exact) mass is 424 g/mol. The van der Waals surface area contributed by atoms with Crippen LogP contribution in [0.4, 0.5) is 5.13 Å². The minimum Gasteiger partial charge on any atom is -0.497 e. The van der Waals surface area contributed by atoms with Gasteiger partial charge in [-0.1, -0.05) is 11.3 Å². The van der Waals surface area contributed by atoms with E-state index in [1.807, 2.05) is 36.4 Å². The molecule has 0 aliphatic carbocycles. The maximum absolute atomic E-state index is 13.0. The lowest BCUT2D eigenvalue weighted by molar-refractivity contribution is 0.0925. The summed E-state index contributed by atoms with van der Waals surface area (Å²) >= 11 is 1.65. The van der Waals surface area contributed by atoms with E-state index in [1.54, 1.807) is 18.4 Å². The number of amides is 1. The molecule has 0 radical (unpaired) electrons. The van der Waals surface area contributed by atoms with Gasteiger partial charge in [0.15, 0.2) is 5.13 Å². The molecule has 3 heterocycles. The topological polar surface area (TPSA) is 75.7 Å². The van der Waals surface area contributed by atoms with Gasteiger partial charge in [-0.05, 0) is 30.3 Å². The Morgan fingerprint density at radius 3 is 2.97 bits per heavy atom. The van der Waals surface area contributed by atoms with Crippen LogP contribution in [0.1, 0.15) is 28.4 Å². The van der Waals surface area contributed by atoms with Crippen LogP contribution in [0.2, 0.25) is 0 Å². The van der Waals surface area contributed by atoms with E-state index in [-0.39, 0.29) is 11.9 Å². The SMILES string of the molecule is COc1ccc2c(c1)OCC[C@H]2NC(=O)c1ccc2nc(N3CCNCC3)sc2c1. The van der Waals surface area contributed by atoms with Crippen LogP contribution in [0.15, 0.2) is 36.4 Å². The number of ether oxygens (including phenoxy) is 2. The zero-order valence-corrected chi connectivity index (χ0v) is 17.6. The molecule has 1 amide bonds. The molecular formula is C22H24N4O3S. The van der Waals surface area contributed by atoms with Crippen molar-refractivity contribution in [1.29, 1.82) is 0 Å². The Morgan fingerprint density at radius 2 is 2.13 bits per heavy atom. The highest BCUT2D eigenvalue weighted by Gasteiger charge is 2.24. The minimum atomic E-state index is -0.0827. The van der Waals surface area contributed by atoms with Crippen molar-refractivity contribution in [2.45, 2.75) is 12.5 Å². The van der Waals surface area contributed by atoms with Gasteiger partial charge in [-0.2, -0.15) is 0 Å². The number of hydrogen-bond donors (Lipinski definition) is 2. The Morgan fingerprint density at radius 1 is 1.27 bits per heavy atom. The number of anilines is 1. The van der Waals surface area contributed by atoms with Gasteiger partial charge in [-0.3, -0.25) is 4.79 Å². The third-order valence-corrected chi connectivity index (χ3v) is 6.67. The number of nitrogens with one attached hydrogen (secondary N) is 2. The molecule has 1 saturated heterocycles. The van der Waals surface area contributed by atoms with Crippen LogP contribution in [0.3, 0.4) is 0 Å². The second kappa shape index (κ2) is 8.12. The second-order valence-corrected chi connectivity index (χ2v) is 8.49. The van der Waals surface area contributed by atoms with Gasteiger partial charge < -0.3 is 25.0 Å². The van der Waals surface area contributed by atoms with E-state index in [0.717, 1.165) is 65.0 Å². The quantitative estimate of drug-likeness (QED) is 0.671. The maximum Gasteiger partial charge on any atom is 0.251 e. The standard InChI is InChI=1S/C22H24N4O3S/c1-28-15-3-4-16-17(6-11-29-19(16)13-15)24-21(27)14-2-5-18-20(12-14)30-22(25-18)26-9-7-23-8-10-26/h2-5,12-13,17,23H,6-11H2,1H3,(H,24,27)/t17-/m1/s1. The molecule has 156 valence electrons. The summed E-state index contributed by atoms with van der Waals surface area (Å²) in [6.07, 6.45) is 0.737. The molecule has 5 rings (SSSR count). The van der Waals surface area contributed by atoms with Crippen LogP contribution >= 0.6 is 11.3 Å². The van der Waals surface area contributed by atoms with Crippen molar-refractivity contribution in [1.82, 2.24) is 15.6 Å².